The van der Waals surface area contributed by atoms with E-state index in [4.69, 9.17) is 34.8 Å². The summed E-state index contributed by atoms with van der Waals surface area (Å²) < 4.78 is -2.20. The quantitative estimate of drug-likeness (QED) is 0.492. The van der Waals surface area contributed by atoms with E-state index in [-0.39, 0.29) is 14.4 Å². The van der Waals surface area contributed by atoms with Crippen LogP contribution in [0.2, 0.25) is 46.7 Å². The van der Waals surface area contributed by atoms with Crippen molar-refractivity contribution in [1.82, 2.24) is 0 Å². The number of carbonyl (C=O) groups is 2. The van der Waals surface area contributed by atoms with Gasteiger partial charge in [-0.05, 0) is 0 Å². The average molecular weight is 387 g/mol. The van der Waals surface area contributed by atoms with Crippen LogP contribution in [0.15, 0.2) is 0 Å². The summed E-state index contributed by atoms with van der Waals surface area (Å²) in [7, 11) is 0. The fourth-order valence-electron chi connectivity index (χ4n) is 19.8. The minimum absolute atomic E-state index is 0.211. The van der Waals surface area contributed by atoms with E-state index in [0.717, 1.165) is 24.1 Å². The van der Waals surface area contributed by atoms with Gasteiger partial charge >= 0.3 is 127 Å². The van der Waals surface area contributed by atoms with Crippen molar-refractivity contribution in [2.45, 2.75) is 64.3 Å². The van der Waals surface area contributed by atoms with Crippen LogP contribution in [0.3, 0.4) is 0 Å². The summed E-state index contributed by atoms with van der Waals surface area (Å²) in [5.41, 5.74) is 0. The van der Waals surface area contributed by atoms with Gasteiger partial charge in [0.05, 0.1) is 0 Å². The van der Waals surface area contributed by atoms with E-state index in [1.54, 1.807) is 13.8 Å². The molecule has 0 amide bonds. The van der Waals surface area contributed by atoms with Gasteiger partial charge in [0.2, 0.25) is 0 Å². The van der Waals surface area contributed by atoms with Crippen LogP contribution in [0.4, 0.5) is 0 Å². The number of rotatable bonds is 2. The molecule has 10 fully saturated rings. The van der Waals surface area contributed by atoms with Crippen LogP contribution in [-0.4, -0.2) is 15.4 Å². The van der Waals surface area contributed by atoms with E-state index in [2.05, 4.69) is 0 Å². The fraction of sp³-hybridized carbons (Fsp3) is 0.867. The third-order valence-corrected chi connectivity index (χ3v) is 61.3. The summed E-state index contributed by atoms with van der Waals surface area (Å²) in [6.07, 6.45) is 0. The molecule has 0 aromatic heterocycles. The van der Waals surface area contributed by atoms with Crippen molar-refractivity contribution in [2.24, 2.45) is 0 Å². The monoisotopic (exact) mass is 386 g/mol. The molecule has 10 aliphatic heterocycles. The predicted octanol–water partition coefficient (Wildman–Crippen LogP) is 5.03. The van der Waals surface area contributed by atoms with Gasteiger partial charge in [0.25, 0.3) is 0 Å². The number of Topliss-reactive ketones (excluding diaryl/α,β-unsaturated/α-hetero) is 2. The fourth-order valence-corrected chi connectivity index (χ4v) is 104. The van der Waals surface area contributed by atoms with Crippen LogP contribution in [0.5, 0.6) is 0 Å². The number of carbonyl (C=O) groups excluding carboxylic acids is 2. The van der Waals surface area contributed by atoms with Crippen molar-refractivity contribution < 1.29 is 16.1 Å². The summed E-state index contributed by atoms with van der Waals surface area (Å²) in [4.78, 5) is 30.9. The van der Waals surface area contributed by atoms with Gasteiger partial charge in [-0.3, -0.25) is 0 Å². The summed E-state index contributed by atoms with van der Waals surface area (Å²) in [6, 6.07) is 0. The maximum atomic E-state index is 13.1. The van der Waals surface area contributed by atoms with Crippen LogP contribution in [0.25, 0.3) is 0 Å². The average Bonchev–Trinajstić information content (AvgIpc) is 3.30. The zero-order chi connectivity index (χ0) is 14.5. The first kappa shape index (κ1) is 9.89. The summed E-state index contributed by atoms with van der Waals surface area (Å²) in [6.45, 7) is -0.906. The van der Waals surface area contributed by atoms with E-state index in [1.807, 2.05) is 0 Å². The molecule has 10 saturated heterocycles. The van der Waals surface area contributed by atoms with Crippen LogP contribution in [0, 0.1) is 0 Å². The molecule has 1 spiro atoms. The van der Waals surface area contributed by atoms with Crippen molar-refractivity contribution in [3.05, 3.63) is 0 Å². The summed E-state index contributed by atoms with van der Waals surface area (Å²) >= 11 is 19.9. The Bertz CT molecular complexity index is 1230. The number of hydrogen-bond donors (Lipinski definition) is 0. The molecule has 10 aliphatic rings. The van der Waals surface area contributed by atoms with E-state index in [0.29, 0.717) is 15.4 Å². The topological polar surface area (TPSA) is 34.1 Å². The molecule has 5 atom stereocenters. The molecule has 0 aromatic rings. The van der Waals surface area contributed by atoms with Crippen molar-refractivity contribution in [3.63, 3.8) is 0 Å². The van der Waals surface area contributed by atoms with Gasteiger partial charge in [-0.2, -0.15) is 0 Å². The Morgan fingerprint density at radius 1 is 0.905 bits per heavy atom. The first-order valence-corrected chi connectivity index (χ1v) is 15.0. The number of halogens is 3. The Labute approximate surface area is 126 Å². The normalized spacial score (nSPS) is 106. The molecule has 0 aliphatic carbocycles. The number of fused-ring (bicyclic) bond motifs is 10. The van der Waals surface area contributed by atoms with Gasteiger partial charge in [0, 0.05) is 0 Å². The van der Waals surface area contributed by atoms with Gasteiger partial charge in [-0.1, -0.05) is 0 Å². The van der Waals surface area contributed by atoms with E-state index in [1.165, 1.54) is 0 Å². The summed E-state index contributed by atoms with van der Waals surface area (Å²) in [5.74, 6) is 0.577. The van der Waals surface area contributed by atoms with Gasteiger partial charge in [0.1, 0.15) is 0 Å². The molecule has 0 saturated carbocycles. The molecule has 0 bridgehead atoms. The van der Waals surface area contributed by atoms with E-state index >= 15 is 0 Å². The third kappa shape index (κ3) is 0.105. The van der Waals surface area contributed by atoms with Crippen molar-refractivity contribution in [3.8, 4) is 0 Å². The zero-order valence-corrected chi connectivity index (χ0v) is 14.7. The molecule has 2 nitrogen and oxygen atoms in total. The first-order valence-electron chi connectivity index (χ1n) is 7.76. The molecular formula is C15H13Cl3FeO2. The summed E-state index contributed by atoms with van der Waals surface area (Å²) in [5, 5.41) is 0. The van der Waals surface area contributed by atoms with Gasteiger partial charge in [0.15, 0.2) is 0 Å². The second-order valence-corrected chi connectivity index (χ2v) is 36.6. The van der Waals surface area contributed by atoms with Crippen molar-refractivity contribution in [2.75, 3.05) is 0 Å². The molecule has 5 unspecified atom stereocenters. The minimum atomic E-state index is -4.39. The first-order chi connectivity index (χ1) is 9.47. The Morgan fingerprint density at radius 3 is 1.62 bits per heavy atom. The van der Waals surface area contributed by atoms with Crippen LogP contribution >= 0.6 is 34.8 Å². The molecule has 6 heteroatoms. The van der Waals surface area contributed by atoms with Crippen LogP contribution in [-0.2, 0) is 16.1 Å². The SMILES string of the molecule is CC(=O)[C]12[CH]3[CH]4[C]5(C(Cl)(Cl)Cl)[C]1(C(C)=O)[Fe]34251678[CH]2[CH]1[CH]6[CH]7[CH]28. The second-order valence-electron chi connectivity index (χ2n) is 11.4. The maximum absolute atomic E-state index is 13.1. The number of alkyl halides is 3. The predicted molar refractivity (Wildman–Crippen MR) is 76.0 cm³/mol. The molecule has 10 rings (SSSR count). The van der Waals surface area contributed by atoms with Gasteiger partial charge in [-0.25, -0.2) is 0 Å². The van der Waals surface area contributed by atoms with E-state index < -0.39 is 14.6 Å². The molecule has 0 aromatic carbocycles. The molecule has 0 N–H and O–H groups in total. The third-order valence-electron chi connectivity index (χ3n) is 16.4. The molecule has 0 radical (unpaired) electrons. The standard InChI is InChI=1S/C10H8Cl3O2.C5H5.Fe/c1-5(14)7-3-4-8(10(11,12)13)9(7)6(2)15;1-2-4-5-3-1;/h3-4H,1-2H3;1-5H;. The number of hydrogen-bond acceptors (Lipinski definition) is 2. The second kappa shape index (κ2) is 0.862. The molecule has 10 heterocycles. The Kier molecular flexibility index (Phi) is 0.406. The van der Waals surface area contributed by atoms with Crippen LogP contribution < -0.4 is 0 Å². The van der Waals surface area contributed by atoms with Gasteiger partial charge < -0.3 is 0 Å². The van der Waals surface area contributed by atoms with Crippen LogP contribution in [0.1, 0.15) is 13.8 Å². The van der Waals surface area contributed by atoms with E-state index in [9.17, 15) is 9.59 Å². The molecule has 114 valence electrons. The molecular weight excluding hydrogens is 374 g/mol. The zero-order valence-electron chi connectivity index (χ0n) is 11.3. The Balaban J connectivity index is 1.68. The Morgan fingerprint density at radius 2 is 1.38 bits per heavy atom. The molecule has 21 heavy (non-hydrogen) atoms. The van der Waals surface area contributed by atoms with Gasteiger partial charge in [-0.15, -0.1) is 0 Å². The van der Waals surface area contributed by atoms with Crippen molar-refractivity contribution in [1.29, 1.82) is 0 Å². The van der Waals surface area contributed by atoms with Crippen molar-refractivity contribution >= 4 is 46.4 Å². The number of ketones is 2. The Hall–Kier alpha value is 0.729.